The maximum absolute atomic E-state index is 13.0. The van der Waals surface area contributed by atoms with Crippen LogP contribution in [0.5, 0.6) is 5.75 Å². The average molecular weight is 603 g/mol. The van der Waals surface area contributed by atoms with Crippen LogP contribution in [0.1, 0.15) is 63.0 Å². The van der Waals surface area contributed by atoms with Crippen LogP contribution in [0.15, 0.2) is 53.0 Å². The molecule has 1 aliphatic carbocycles. The van der Waals surface area contributed by atoms with E-state index in [0.717, 1.165) is 60.5 Å². The molecule has 1 fully saturated rings. The molecule has 39 heavy (non-hydrogen) atoms. The van der Waals surface area contributed by atoms with Crippen molar-refractivity contribution in [2.45, 2.75) is 70.9 Å². The van der Waals surface area contributed by atoms with Gasteiger partial charge in [0.05, 0.1) is 0 Å². The van der Waals surface area contributed by atoms with E-state index in [-0.39, 0.29) is 24.3 Å². The number of carbonyl (C=O) groups excluding carboxylic acids is 3. The molecule has 2 aromatic rings. The van der Waals surface area contributed by atoms with Gasteiger partial charge in [-0.3, -0.25) is 9.59 Å². The Morgan fingerprint density at radius 2 is 1.74 bits per heavy atom. The molecule has 0 aromatic heterocycles. The molecule has 3 rings (SSSR count). The van der Waals surface area contributed by atoms with E-state index in [1.807, 2.05) is 24.3 Å². The van der Waals surface area contributed by atoms with Gasteiger partial charge in [0, 0.05) is 28.9 Å². The minimum Gasteiger partial charge on any atom is -0.429 e. The van der Waals surface area contributed by atoms with Gasteiger partial charge in [-0.15, -0.1) is 0 Å². The average Bonchev–Trinajstić information content (AvgIpc) is 2.95. The van der Waals surface area contributed by atoms with Crippen LogP contribution in [-0.2, 0) is 27.4 Å². The first-order valence-electron chi connectivity index (χ1n) is 13.8. The van der Waals surface area contributed by atoms with Gasteiger partial charge in [-0.25, -0.2) is 4.79 Å². The monoisotopic (exact) mass is 601 g/mol. The van der Waals surface area contributed by atoms with Crippen LogP contribution in [0, 0.1) is 11.8 Å². The van der Waals surface area contributed by atoms with Gasteiger partial charge in [-0.1, -0.05) is 66.0 Å². The third-order valence-corrected chi connectivity index (χ3v) is 7.90. The van der Waals surface area contributed by atoms with Gasteiger partial charge in [0.25, 0.3) is 0 Å². The second kappa shape index (κ2) is 16.3. The summed E-state index contributed by atoms with van der Waals surface area (Å²) in [6, 6.07) is 13.7. The van der Waals surface area contributed by atoms with Crippen molar-refractivity contribution in [2.24, 2.45) is 17.6 Å². The van der Waals surface area contributed by atoms with Crippen LogP contribution < -0.4 is 21.1 Å². The summed E-state index contributed by atoms with van der Waals surface area (Å²) in [6.45, 7) is 3.43. The topological polar surface area (TPSA) is 120 Å². The summed E-state index contributed by atoms with van der Waals surface area (Å²) in [4.78, 5) is 38.2. The van der Waals surface area contributed by atoms with Crippen LogP contribution in [0.25, 0.3) is 0 Å². The zero-order valence-electron chi connectivity index (χ0n) is 22.6. The Morgan fingerprint density at radius 3 is 2.41 bits per heavy atom. The van der Waals surface area contributed by atoms with Crippen molar-refractivity contribution in [1.29, 1.82) is 0 Å². The standard InChI is InChI=1S/C30H40BrN3O5/c1-2-3-6-17-33-29(36)27(34-28(35)23-13-9-22(19-32)10-14-23)18-21-11-15-25(16-12-21)39-30(37)38-20-24-7-4-5-8-26(24)31/h4-5,7-8,11-12,15-16,22-23,27H,2-3,6,9-10,13-14,17-20,32H2,1H3,(H,33,36)(H,34,35)/t22?,23?,27-/m0/s1. The molecule has 0 heterocycles. The largest absolute Gasteiger partial charge is 0.514 e. The SMILES string of the molecule is CCCCCNC(=O)[C@H](Cc1ccc(OC(=O)OCc2ccccc2Br)cc1)NC(=O)C1CCC(CN)CC1. The van der Waals surface area contributed by atoms with E-state index < -0.39 is 12.2 Å². The van der Waals surface area contributed by atoms with Gasteiger partial charge in [-0.2, -0.15) is 0 Å². The van der Waals surface area contributed by atoms with Gasteiger partial charge < -0.3 is 25.8 Å². The van der Waals surface area contributed by atoms with E-state index in [2.05, 4.69) is 33.5 Å². The molecule has 0 spiro atoms. The van der Waals surface area contributed by atoms with Gasteiger partial charge in [-0.05, 0) is 68.3 Å². The zero-order chi connectivity index (χ0) is 28.0. The van der Waals surface area contributed by atoms with Crippen molar-refractivity contribution < 1.29 is 23.9 Å². The lowest BCUT2D eigenvalue weighted by atomic mass is 9.81. The number of ether oxygens (including phenoxy) is 2. The maximum atomic E-state index is 13.0. The van der Waals surface area contributed by atoms with Crippen molar-refractivity contribution in [1.82, 2.24) is 10.6 Å². The molecule has 1 atom stereocenters. The number of nitrogens with one attached hydrogen (secondary N) is 2. The Kier molecular flexibility index (Phi) is 12.8. The predicted octanol–water partition coefficient (Wildman–Crippen LogP) is 5.26. The number of hydrogen-bond donors (Lipinski definition) is 3. The van der Waals surface area contributed by atoms with E-state index >= 15 is 0 Å². The number of carbonyl (C=O) groups is 3. The summed E-state index contributed by atoms with van der Waals surface area (Å²) in [7, 11) is 0. The highest BCUT2D eigenvalue weighted by Gasteiger charge is 2.29. The van der Waals surface area contributed by atoms with Crippen molar-refractivity contribution in [2.75, 3.05) is 13.1 Å². The van der Waals surface area contributed by atoms with Gasteiger partial charge in [0.15, 0.2) is 0 Å². The molecule has 9 heteroatoms. The van der Waals surface area contributed by atoms with Crippen LogP contribution in [0.2, 0.25) is 0 Å². The first kappa shape index (κ1) is 30.6. The smallest absolute Gasteiger partial charge is 0.429 e. The van der Waals surface area contributed by atoms with E-state index in [1.165, 1.54) is 0 Å². The van der Waals surface area contributed by atoms with E-state index in [0.29, 0.717) is 31.2 Å². The van der Waals surface area contributed by atoms with E-state index in [9.17, 15) is 14.4 Å². The molecule has 2 aromatic carbocycles. The van der Waals surface area contributed by atoms with E-state index in [1.54, 1.807) is 24.3 Å². The molecule has 0 aliphatic heterocycles. The summed E-state index contributed by atoms with van der Waals surface area (Å²) in [5.74, 6) is 0.446. The Labute approximate surface area is 239 Å². The zero-order valence-corrected chi connectivity index (χ0v) is 24.2. The predicted molar refractivity (Wildman–Crippen MR) is 154 cm³/mol. The molecule has 8 nitrogen and oxygen atoms in total. The van der Waals surface area contributed by atoms with Gasteiger partial charge >= 0.3 is 6.16 Å². The van der Waals surface area contributed by atoms with Crippen molar-refractivity contribution in [3.63, 3.8) is 0 Å². The van der Waals surface area contributed by atoms with Crippen molar-refractivity contribution >= 4 is 33.9 Å². The molecule has 0 saturated heterocycles. The Hall–Kier alpha value is -2.91. The summed E-state index contributed by atoms with van der Waals surface area (Å²) in [5.41, 5.74) is 7.46. The van der Waals surface area contributed by atoms with Crippen molar-refractivity contribution in [3.8, 4) is 5.75 Å². The summed E-state index contributed by atoms with van der Waals surface area (Å²) < 4.78 is 11.3. The fourth-order valence-corrected chi connectivity index (χ4v) is 5.08. The lowest BCUT2D eigenvalue weighted by Gasteiger charge is -2.28. The minimum atomic E-state index is -0.806. The van der Waals surface area contributed by atoms with Crippen molar-refractivity contribution in [3.05, 3.63) is 64.1 Å². The molecule has 0 bridgehead atoms. The number of hydrogen-bond acceptors (Lipinski definition) is 6. The number of rotatable bonds is 13. The first-order valence-corrected chi connectivity index (χ1v) is 14.6. The summed E-state index contributed by atoms with van der Waals surface area (Å²) >= 11 is 3.42. The number of amides is 2. The molecule has 212 valence electrons. The summed E-state index contributed by atoms with van der Waals surface area (Å²) in [5, 5.41) is 5.97. The number of unbranched alkanes of at least 4 members (excludes halogenated alkanes) is 2. The minimum absolute atomic E-state index is 0.0769. The third-order valence-electron chi connectivity index (χ3n) is 7.13. The van der Waals surface area contributed by atoms with Crippen LogP contribution >= 0.6 is 15.9 Å². The number of benzene rings is 2. The first-order chi connectivity index (χ1) is 18.9. The molecule has 0 radical (unpaired) electrons. The quantitative estimate of drug-likeness (QED) is 0.163. The fraction of sp³-hybridized carbons (Fsp3) is 0.500. The number of halogens is 1. The van der Waals surface area contributed by atoms with Gasteiger partial charge in [0.1, 0.15) is 18.4 Å². The summed E-state index contributed by atoms with van der Waals surface area (Å²) in [6.07, 6.45) is 5.99. The molecule has 2 amide bonds. The molecular formula is C30H40BrN3O5. The Morgan fingerprint density at radius 1 is 1.03 bits per heavy atom. The van der Waals surface area contributed by atoms with Crippen LogP contribution in [0.4, 0.5) is 4.79 Å². The molecule has 1 saturated carbocycles. The second-order valence-electron chi connectivity index (χ2n) is 10.1. The molecule has 4 N–H and O–H groups in total. The number of nitrogens with two attached hydrogens (primary N) is 1. The Bertz CT molecular complexity index is 1070. The third kappa shape index (κ3) is 10.3. The van der Waals surface area contributed by atoms with E-state index in [4.69, 9.17) is 15.2 Å². The van der Waals surface area contributed by atoms with Crippen LogP contribution in [-0.4, -0.2) is 37.1 Å². The highest BCUT2D eigenvalue weighted by Crippen LogP contribution is 2.28. The molecule has 0 unspecified atom stereocenters. The molecular weight excluding hydrogens is 562 g/mol. The lowest BCUT2D eigenvalue weighted by Crippen LogP contribution is -2.50. The molecule has 1 aliphatic rings. The lowest BCUT2D eigenvalue weighted by molar-refractivity contribution is -0.131. The maximum Gasteiger partial charge on any atom is 0.514 e. The Balaban J connectivity index is 1.56. The fourth-order valence-electron chi connectivity index (χ4n) is 4.68. The van der Waals surface area contributed by atoms with Crippen LogP contribution in [0.3, 0.4) is 0 Å². The highest BCUT2D eigenvalue weighted by atomic mass is 79.9. The second-order valence-corrected chi connectivity index (χ2v) is 10.9. The highest BCUT2D eigenvalue weighted by molar-refractivity contribution is 9.10. The van der Waals surface area contributed by atoms with Gasteiger partial charge in [0.2, 0.25) is 11.8 Å². The normalized spacial score (nSPS) is 17.6.